The number of hydrogen-bond donors (Lipinski definition) is 0. The maximum Gasteiger partial charge on any atom is 0.0290 e. The molecule has 0 heterocycles. The van der Waals surface area contributed by atoms with Crippen molar-refractivity contribution in [1.29, 1.82) is 0 Å². The van der Waals surface area contributed by atoms with Gasteiger partial charge >= 0.3 is 0 Å². The molecule has 0 aromatic carbocycles. The number of likely N-dealkylation sites (N-methyl/N-ethyl adjacent to an activating group) is 1. The highest BCUT2D eigenvalue weighted by Gasteiger charge is 1.98. The third-order valence-corrected chi connectivity index (χ3v) is 3.76. The van der Waals surface area contributed by atoms with Crippen LogP contribution in [0.1, 0.15) is 71.1 Å². The zero-order valence-corrected chi connectivity index (χ0v) is 13.9. The van der Waals surface area contributed by atoms with Crippen LogP contribution in [0.25, 0.3) is 0 Å². The van der Waals surface area contributed by atoms with E-state index in [1.165, 1.54) is 64.2 Å². The van der Waals surface area contributed by atoms with Crippen LogP contribution in [0, 0.1) is 0 Å². The molecule has 0 aromatic rings. The molecule has 0 aliphatic carbocycles. The molecule has 1 heteroatoms. The van der Waals surface area contributed by atoms with Gasteiger partial charge in [0.05, 0.1) is 0 Å². The number of allylic oxidation sites excluding steroid dienone is 3. The van der Waals surface area contributed by atoms with E-state index in [1.54, 1.807) is 6.08 Å². The lowest BCUT2D eigenvalue weighted by Crippen LogP contribution is -2.17. The molecular weight excluding hydrogens is 242 g/mol. The van der Waals surface area contributed by atoms with Gasteiger partial charge in [-0.05, 0) is 12.5 Å². The Morgan fingerprint density at radius 2 is 1.40 bits per heavy atom. The molecule has 0 radical (unpaired) electrons. The molecule has 0 saturated carbocycles. The highest BCUT2D eigenvalue weighted by molar-refractivity contribution is 5.16. The highest BCUT2D eigenvalue weighted by Crippen LogP contribution is 2.11. The van der Waals surface area contributed by atoms with E-state index < -0.39 is 0 Å². The van der Waals surface area contributed by atoms with Gasteiger partial charge in [0, 0.05) is 19.3 Å². The number of nitrogens with zero attached hydrogens (tertiary/aromatic N) is 1. The first kappa shape index (κ1) is 19.0. The summed E-state index contributed by atoms with van der Waals surface area (Å²) in [5.74, 6) is 0. The molecule has 0 saturated heterocycles. The molecule has 116 valence electrons. The topological polar surface area (TPSA) is 3.24 Å². The minimum Gasteiger partial charge on any atom is -0.375 e. The molecule has 0 aliphatic rings. The summed E-state index contributed by atoms with van der Waals surface area (Å²) >= 11 is 0. The molecule has 1 nitrogen and oxygen atoms in total. The lowest BCUT2D eigenvalue weighted by atomic mass is 10.1. The molecule has 0 N–H and O–H groups in total. The summed E-state index contributed by atoms with van der Waals surface area (Å²) in [6, 6.07) is 0. The summed E-state index contributed by atoms with van der Waals surface area (Å²) in [5, 5.41) is 0. The first-order valence-corrected chi connectivity index (χ1v) is 8.41. The Labute approximate surface area is 127 Å². The molecule has 0 atom stereocenters. The Morgan fingerprint density at radius 1 is 0.900 bits per heavy atom. The maximum atomic E-state index is 4.05. The van der Waals surface area contributed by atoms with Gasteiger partial charge in [0.25, 0.3) is 0 Å². The lowest BCUT2D eigenvalue weighted by molar-refractivity contribution is 0.409. The van der Waals surface area contributed by atoms with E-state index in [2.05, 4.69) is 32.0 Å². The summed E-state index contributed by atoms with van der Waals surface area (Å²) in [7, 11) is 2.11. The molecule has 0 unspecified atom stereocenters. The number of unbranched alkanes of at least 4 members (excludes halogenated alkanes) is 9. The van der Waals surface area contributed by atoms with Crippen LogP contribution in [0.4, 0.5) is 0 Å². The van der Waals surface area contributed by atoms with Crippen molar-refractivity contribution in [1.82, 2.24) is 4.90 Å². The molecule has 0 aliphatic heterocycles. The predicted molar refractivity (Wildman–Crippen MR) is 93.0 cm³/mol. The molecule has 0 rings (SSSR count). The van der Waals surface area contributed by atoms with Gasteiger partial charge in [0.15, 0.2) is 0 Å². The van der Waals surface area contributed by atoms with Crippen LogP contribution in [0.15, 0.2) is 37.1 Å². The minimum atomic E-state index is 1.07. The Kier molecular flexibility index (Phi) is 13.7. The second-order valence-corrected chi connectivity index (χ2v) is 5.69. The Hall–Kier alpha value is -0.980. The second-order valence-electron chi connectivity index (χ2n) is 5.69. The van der Waals surface area contributed by atoms with Crippen LogP contribution in [0.2, 0.25) is 0 Å². The summed E-state index contributed by atoms with van der Waals surface area (Å²) in [5.41, 5.74) is 1.07. The highest BCUT2D eigenvalue weighted by atomic mass is 15.1. The van der Waals surface area contributed by atoms with Crippen LogP contribution >= 0.6 is 0 Å². The zero-order valence-electron chi connectivity index (χ0n) is 13.9. The molecule has 0 bridgehead atoms. The van der Waals surface area contributed by atoms with Gasteiger partial charge in [-0.2, -0.15) is 0 Å². The fraction of sp³-hybridized carbons (Fsp3) is 0.684. The van der Waals surface area contributed by atoms with Gasteiger partial charge in [0.1, 0.15) is 0 Å². The van der Waals surface area contributed by atoms with E-state index in [0.29, 0.717) is 0 Å². The van der Waals surface area contributed by atoms with Crippen LogP contribution < -0.4 is 0 Å². The number of hydrogen-bond acceptors (Lipinski definition) is 1. The molecule has 0 fully saturated rings. The smallest absolute Gasteiger partial charge is 0.0290 e. The van der Waals surface area contributed by atoms with Crippen molar-refractivity contribution in [2.24, 2.45) is 0 Å². The molecule has 0 spiro atoms. The molecular formula is C19H35N. The van der Waals surface area contributed by atoms with Crippen LogP contribution in [0.3, 0.4) is 0 Å². The fourth-order valence-electron chi connectivity index (χ4n) is 2.29. The normalized spacial score (nSPS) is 10.9. The fourth-order valence-corrected chi connectivity index (χ4v) is 2.29. The third kappa shape index (κ3) is 12.1. The molecule has 0 aromatic heterocycles. The monoisotopic (exact) mass is 277 g/mol. The first-order chi connectivity index (χ1) is 9.72. The summed E-state index contributed by atoms with van der Waals surface area (Å²) in [6.07, 6.45) is 19.7. The average Bonchev–Trinajstić information content (AvgIpc) is 2.46. The van der Waals surface area contributed by atoms with Crippen LogP contribution in [0.5, 0.6) is 0 Å². The van der Waals surface area contributed by atoms with Crippen molar-refractivity contribution in [3.63, 3.8) is 0 Å². The van der Waals surface area contributed by atoms with Crippen molar-refractivity contribution in [2.45, 2.75) is 71.1 Å². The minimum absolute atomic E-state index is 1.07. The van der Waals surface area contributed by atoms with E-state index >= 15 is 0 Å². The van der Waals surface area contributed by atoms with E-state index in [1.807, 2.05) is 12.2 Å². The van der Waals surface area contributed by atoms with Gasteiger partial charge in [-0.3, -0.25) is 0 Å². The standard InChI is InChI=1S/C19H35N/c1-5-7-9-10-11-12-13-14-15-16-18-20(4)19(3)17-8-6-2/h6,8,17H,2-3,5,7,9-16,18H2,1,4H3/b17-8-. The summed E-state index contributed by atoms with van der Waals surface area (Å²) in [6.45, 7) is 11.1. The predicted octanol–water partition coefficient (Wildman–Crippen LogP) is 6.10. The Balaban J connectivity index is 3.33. The van der Waals surface area contributed by atoms with E-state index in [-0.39, 0.29) is 0 Å². The quantitative estimate of drug-likeness (QED) is 0.274. The first-order valence-electron chi connectivity index (χ1n) is 8.41. The van der Waals surface area contributed by atoms with Crippen molar-refractivity contribution in [2.75, 3.05) is 13.6 Å². The van der Waals surface area contributed by atoms with Crippen molar-refractivity contribution >= 4 is 0 Å². The van der Waals surface area contributed by atoms with Crippen molar-refractivity contribution in [3.05, 3.63) is 37.1 Å². The van der Waals surface area contributed by atoms with Crippen LogP contribution in [-0.2, 0) is 0 Å². The van der Waals surface area contributed by atoms with Gasteiger partial charge in [0.2, 0.25) is 0 Å². The maximum absolute atomic E-state index is 4.05. The molecule has 0 amide bonds. The van der Waals surface area contributed by atoms with Gasteiger partial charge in [-0.15, -0.1) is 0 Å². The second kappa shape index (κ2) is 14.4. The van der Waals surface area contributed by atoms with Crippen molar-refractivity contribution in [3.8, 4) is 0 Å². The third-order valence-electron chi connectivity index (χ3n) is 3.76. The molecule has 20 heavy (non-hydrogen) atoms. The van der Waals surface area contributed by atoms with Gasteiger partial charge in [-0.25, -0.2) is 0 Å². The summed E-state index contributed by atoms with van der Waals surface area (Å²) in [4.78, 5) is 2.23. The van der Waals surface area contributed by atoms with E-state index in [4.69, 9.17) is 0 Å². The zero-order chi connectivity index (χ0) is 15.1. The van der Waals surface area contributed by atoms with E-state index in [9.17, 15) is 0 Å². The van der Waals surface area contributed by atoms with E-state index in [0.717, 1.165) is 12.2 Å². The SMILES string of the molecule is C=C/C=C\C(=C)N(C)CCCCCCCCCCCC. The number of rotatable bonds is 14. The Morgan fingerprint density at radius 3 is 1.90 bits per heavy atom. The van der Waals surface area contributed by atoms with Gasteiger partial charge in [-0.1, -0.05) is 90.0 Å². The van der Waals surface area contributed by atoms with Gasteiger partial charge < -0.3 is 4.90 Å². The van der Waals surface area contributed by atoms with Crippen LogP contribution in [-0.4, -0.2) is 18.5 Å². The summed E-state index contributed by atoms with van der Waals surface area (Å²) < 4.78 is 0. The largest absolute Gasteiger partial charge is 0.375 e. The average molecular weight is 277 g/mol. The lowest BCUT2D eigenvalue weighted by Gasteiger charge is -2.19. The Bertz CT molecular complexity index is 265. The van der Waals surface area contributed by atoms with Crippen molar-refractivity contribution < 1.29 is 0 Å².